The van der Waals surface area contributed by atoms with E-state index in [1.165, 1.54) is 20.6 Å². The van der Waals surface area contributed by atoms with E-state index in [9.17, 15) is 9.59 Å². The molecular weight excluding hydrogens is 386 g/mol. The summed E-state index contributed by atoms with van der Waals surface area (Å²) in [7, 11) is 1.70. The Bertz CT molecular complexity index is 1190. The normalized spacial score (nSPS) is 10.9. The summed E-state index contributed by atoms with van der Waals surface area (Å²) in [6.07, 6.45) is 0. The average molecular weight is 407 g/mol. The van der Waals surface area contributed by atoms with Gasteiger partial charge in [-0.25, -0.2) is 14.3 Å². The van der Waals surface area contributed by atoms with Crippen molar-refractivity contribution in [1.29, 1.82) is 0 Å². The standard InChI is InChI=1S/C21H21N5O2S/c1-25-19(18-10-5-13-29-18)24-26(21(25)28)12-11-22-20(27)23-14-16-8-4-7-15-6-2-3-9-17(15)16/h2-10,13H,11-12,14H2,1H3,(H2,22,23,27). The quantitative estimate of drug-likeness (QED) is 0.516. The topological polar surface area (TPSA) is 81.0 Å². The van der Waals surface area contributed by atoms with Crippen LogP contribution in [0.15, 0.2) is 64.8 Å². The van der Waals surface area contributed by atoms with Gasteiger partial charge < -0.3 is 10.6 Å². The first-order chi connectivity index (χ1) is 14.1. The van der Waals surface area contributed by atoms with E-state index in [1.54, 1.807) is 7.05 Å². The second-order valence-electron chi connectivity index (χ2n) is 6.61. The van der Waals surface area contributed by atoms with Crippen LogP contribution in [-0.2, 0) is 20.1 Å². The van der Waals surface area contributed by atoms with Crippen LogP contribution in [0.2, 0.25) is 0 Å². The first-order valence-electron chi connectivity index (χ1n) is 9.29. The molecule has 29 heavy (non-hydrogen) atoms. The minimum atomic E-state index is -0.277. The average Bonchev–Trinajstić information content (AvgIpc) is 3.36. The van der Waals surface area contributed by atoms with Crippen LogP contribution in [0.4, 0.5) is 4.79 Å². The molecule has 8 heteroatoms. The van der Waals surface area contributed by atoms with E-state index < -0.39 is 0 Å². The van der Waals surface area contributed by atoms with Gasteiger partial charge in [0.1, 0.15) is 0 Å². The molecule has 0 spiro atoms. The molecule has 4 aromatic rings. The number of rotatable bonds is 6. The SMILES string of the molecule is Cn1c(-c2cccs2)nn(CCNC(=O)NCc2cccc3ccccc23)c1=O. The molecule has 2 amide bonds. The predicted molar refractivity (Wildman–Crippen MR) is 115 cm³/mol. The fourth-order valence-electron chi connectivity index (χ4n) is 3.21. The van der Waals surface area contributed by atoms with Crippen LogP contribution in [-0.4, -0.2) is 26.9 Å². The predicted octanol–water partition coefficient (Wildman–Crippen LogP) is 2.96. The number of urea groups is 1. The summed E-state index contributed by atoms with van der Waals surface area (Å²) in [4.78, 5) is 25.4. The maximum absolute atomic E-state index is 12.3. The maximum Gasteiger partial charge on any atom is 0.346 e. The van der Waals surface area contributed by atoms with E-state index in [1.807, 2.05) is 60.0 Å². The highest BCUT2D eigenvalue weighted by molar-refractivity contribution is 7.13. The van der Waals surface area contributed by atoms with Gasteiger partial charge in [-0.15, -0.1) is 16.4 Å². The Kier molecular flexibility index (Phi) is 5.44. The fourth-order valence-corrected chi connectivity index (χ4v) is 3.96. The van der Waals surface area contributed by atoms with E-state index in [2.05, 4.69) is 15.7 Å². The van der Waals surface area contributed by atoms with E-state index in [0.29, 0.717) is 25.5 Å². The highest BCUT2D eigenvalue weighted by atomic mass is 32.1. The molecule has 2 N–H and O–H groups in total. The molecule has 7 nitrogen and oxygen atoms in total. The molecule has 0 aliphatic heterocycles. The molecule has 0 bridgehead atoms. The van der Waals surface area contributed by atoms with Crippen LogP contribution >= 0.6 is 11.3 Å². The van der Waals surface area contributed by atoms with Crippen LogP contribution in [0.1, 0.15) is 5.56 Å². The number of nitrogens with one attached hydrogen (secondary N) is 2. The maximum atomic E-state index is 12.3. The molecule has 2 heterocycles. The lowest BCUT2D eigenvalue weighted by molar-refractivity contribution is 0.240. The smallest absolute Gasteiger partial charge is 0.336 e. The third-order valence-corrected chi connectivity index (χ3v) is 5.58. The molecule has 0 aliphatic carbocycles. The Hall–Kier alpha value is -3.39. The van der Waals surface area contributed by atoms with Gasteiger partial charge in [0.2, 0.25) is 0 Å². The zero-order valence-electron chi connectivity index (χ0n) is 16.0. The third kappa shape index (κ3) is 4.07. The minimum absolute atomic E-state index is 0.202. The van der Waals surface area contributed by atoms with Crippen molar-refractivity contribution >= 4 is 28.1 Å². The number of carbonyl (C=O) groups is 1. The summed E-state index contributed by atoms with van der Waals surface area (Å²) in [5, 5.41) is 14.2. The van der Waals surface area contributed by atoms with Gasteiger partial charge in [0, 0.05) is 20.1 Å². The first kappa shape index (κ1) is 18.9. The van der Waals surface area contributed by atoms with E-state index >= 15 is 0 Å². The number of hydrogen-bond acceptors (Lipinski definition) is 4. The molecular formula is C21H21N5O2S. The Morgan fingerprint density at radius 3 is 2.72 bits per heavy atom. The first-order valence-corrected chi connectivity index (χ1v) is 10.2. The minimum Gasteiger partial charge on any atom is -0.336 e. The van der Waals surface area contributed by atoms with Crippen LogP contribution in [0.3, 0.4) is 0 Å². The Morgan fingerprint density at radius 2 is 1.90 bits per heavy atom. The van der Waals surface area contributed by atoms with Crippen LogP contribution < -0.4 is 16.3 Å². The van der Waals surface area contributed by atoms with E-state index in [0.717, 1.165) is 21.2 Å². The molecule has 2 aromatic carbocycles. The number of nitrogens with zero attached hydrogens (tertiary/aromatic N) is 3. The molecule has 0 atom stereocenters. The summed E-state index contributed by atoms with van der Waals surface area (Å²) in [6, 6.07) is 17.7. The lowest BCUT2D eigenvalue weighted by Crippen LogP contribution is -2.38. The van der Waals surface area contributed by atoms with Crippen molar-refractivity contribution in [3.63, 3.8) is 0 Å². The number of amides is 2. The highest BCUT2D eigenvalue weighted by Crippen LogP contribution is 2.20. The fraction of sp³-hybridized carbons (Fsp3) is 0.190. The second kappa shape index (κ2) is 8.32. The van der Waals surface area contributed by atoms with E-state index in [4.69, 9.17) is 0 Å². The molecule has 0 saturated heterocycles. The largest absolute Gasteiger partial charge is 0.346 e. The lowest BCUT2D eigenvalue weighted by Gasteiger charge is -2.09. The summed E-state index contributed by atoms with van der Waals surface area (Å²) >= 11 is 1.53. The Morgan fingerprint density at radius 1 is 1.07 bits per heavy atom. The molecule has 2 aromatic heterocycles. The van der Waals surface area contributed by atoms with Crippen molar-refractivity contribution in [3.8, 4) is 10.7 Å². The molecule has 0 radical (unpaired) electrons. The number of benzene rings is 2. The van der Waals surface area contributed by atoms with Gasteiger partial charge in [-0.2, -0.15) is 0 Å². The third-order valence-electron chi connectivity index (χ3n) is 4.71. The molecule has 0 unspecified atom stereocenters. The summed E-state index contributed by atoms with van der Waals surface area (Å²) < 4.78 is 2.90. The molecule has 0 aliphatic rings. The van der Waals surface area contributed by atoms with Crippen molar-refractivity contribution in [2.24, 2.45) is 7.05 Å². The van der Waals surface area contributed by atoms with E-state index in [-0.39, 0.29) is 11.7 Å². The number of fused-ring (bicyclic) bond motifs is 1. The zero-order chi connectivity index (χ0) is 20.2. The number of thiophene rings is 1. The molecule has 0 fully saturated rings. The van der Waals surface area contributed by atoms with Gasteiger partial charge in [-0.1, -0.05) is 48.5 Å². The number of hydrogen-bond donors (Lipinski definition) is 2. The summed E-state index contributed by atoms with van der Waals surface area (Å²) in [5.41, 5.74) is 0.853. The van der Waals surface area contributed by atoms with Gasteiger partial charge in [0.15, 0.2) is 5.82 Å². The van der Waals surface area contributed by atoms with Crippen LogP contribution in [0.5, 0.6) is 0 Å². The monoisotopic (exact) mass is 407 g/mol. The van der Waals surface area contributed by atoms with Crippen molar-refractivity contribution in [2.45, 2.75) is 13.1 Å². The Labute approximate surface area is 171 Å². The second-order valence-corrected chi connectivity index (χ2v) is 7.56. The Balaban J connectivity index is 1.33. The van der Waals surface area contributed by atoms with Crippen LogP contribution in [0, 0.1) is 0 Å². The van der Waals surface area contributed by atoms with Gasteiger partial charge in [0.05, 0.1) is 11.4 Å². The molecule has 148 valence electrons. The number of aromatic nitrogens is 3. The summed E-state index contributed by atoms with van der Waals surface area (Å²) in [5.74, 6) is 0.630. The molecule has 4 rings (SSSR count). The van der Waals surface area contributed by atoms with Crippen LogP contribution in [0.25, 0.3) is 21.5 Å². The van der Waals surface area contributed by atoms with Gasteiger partial charge in [0.25, 0.3) is 0 Å². The van der Waals surface area contributed by atoms with Crippen molar-refractivity contribution in [3.05, 3.63) is 76.0 Å². The zero-order valence-corrected chi connectivity index (χ0v) is 16.8. The van der Waals surface area contributed by atoms with Gasteiger partial charge in [-0.05, 0) is 27.8 Å². The van der Waals surface area contributed by atoms with Crippen molar-refractivity contribution in [2.75, 3.05) is 6.54 Å². The van der Waals surface area contributed by atoms with Crippen molar-refractivity contribution in [1.82, 2.24) is 25.0 Å². The summed E-state index contributed by atoms with van der Waals surface area (Å²) in [6.45, 7) is 1.04. The van der Waals surface area contributed by atoms with Gasteiger partial charge in [-0.3, -0.25) is 4.57 Å². The van der Waals surface area contributed by atoms with Crippen molar-refractivity contribution < 1.29 is 4.79 Å². The van der Waals surface area contributed by atoms with Gasteiger partial charge >= 0.3 is 11.7 Å². The number of carbonyl (C=O) groups excluding carboxylic acids is 1. The highest BCUT2D eigenvalue weighted by Gasteiger charge is 2.13. The lowest BCUT2D eigenvalue weighted by atomic mass is 10.0. The molecule has 0 saturated carbocycles.